The van der Waals surface area contributed by atoms with Crippen molar-refractivity contribution in [1.29, 1.82) is 0 Å². The van der Waals surface area contributed by atoms with Crippen molar-refractivity contribution in [3.8, 4) is 0 Å². The van der Waals surface area contributed by atoms with E-state index < -0.39 is 0 Å². The maximum atomic E-state index is 5.76. The topological polar surface area (TPSA) is 30.5 Å². The molecule has 0 aromatic rings. The number of ether oxygens (including phenoxy) is 2. The fourth-order valence-corrected chi connectivity index (χ4v) is 1.91. The number of hydrogen-bond donors (Lipinski definition) is 1. The summed E-state index contributed by atoms with van der Waals surface area (Å²) in [6.45, 7) is 6.28. The van der Waals surface area contributed by atoms with Gasteiger partial charge in [0, 0.05) is 19.5 Å². The molecular weight excluding hydrogens is 226 g/mol. The zero-order chi connectivity index (χ0) is 12.1. The van der Waals surface area contributed by atoms with E-state index >= 15 is 0 Å². The van der Waals surface area contributed by atoms with E-state index in [1.54, 1.807) is 7.11 Å². The molecule has 0 fully saturated rings. The lowest BCUT2D eigenvalue weighted by Gasteiger charge is -2.15. The third kappa shape index (κ3) is 10.7. The molecule has 0 aliphatic rings. The fourth-order valence-electron chi connectivity index (χ4n) is 1.61. The fraction of sp³-hybridized carbons (Fsp3) is 1.00. The molecule has 0 saturated carbocycles. The summed E-state index contributed by atoms with van der Waals surface area (Å²) >= 11 is 5.76. The number of rotatable bonds is 12. The van der Waals surface area contributed by atoms with Crippen LogP contribution in [0.15, 0.2) is 0 Å². The number of methoxy groups -OCH3 is 1. The molecule has 0 aliphatic carbocycles. The first-order chi connectivity index (χ1) is 7.85. The summed E-state index contributed by atoms with van der Waals surface area (Å²) < 4.78 is 10.3. The normalized spacial score (nSPS) is 12.9. The molecule has 16 heavy (non-hydrogen) atoms. The Morgan fingerprint density at radius 1 is 1.19 bits per heavy atom. The van der Waals surface area contributed by atoms with E-state index in [4.69, 9.17) is 21.1 Å². The summed E-state index contributed by atoms with van der Waals surface area (Å²) in [6.07, 6.45) is 3.59. The average Bonchev–Trinajstić information content (AvgIpc) is 2.28. The largest absolute Gasteiger partial charge is 0.382 e. The van der Waals surface area contributed by atoms with E-state index in [9.17, 15) is 0 Å². The van der Waals surface area contributed by atoms with Crippen molar-refractivity contribution in [3.05, 3.63) is 0 Å². The molecule has 0 bridgehead atoms. The molecule has 0 spiro atoms. The molecule has 3 nitrogen and oxygen atoms in total. The Hall–Kier alpha value is 0.170. The van der Waals surface area contributed by atoms with Crippen molar-refractivity contribution in [2.75, 3.05) is 45.9 Å². The molecule has 1 atom stereocenters. The van der Waals surface area contributed by atoms with Crippen molar-refractivity contribution in [1.82, 2.24) is 5.32 Å². The van der Waals surface area contributed by atoms with Crippen LogP contribution in [-0.4, -0.2) is 45.9 Å². The minimum atomic E-state index is 0.671. The van der Waals surface area contributed by atoms with Crippen LogP contribution in [0.25, 0.3) is 0 Å². The first kappa shape index (κ1) is 16.2. The van der Waals surface area contributed by atoms with E-state index in [1.165, 1.54) is 12.8 Å². The molecule has 98 valence electrons. The number of alkyl halides is 1. The van der Waals surface area contributed by atoms with Crippen LogP contribution in [0.1, 0.15) is 26.2 Å². The van der Waals surface area contributed by atoms with Gasteiger partial charge < -0.3 is 14.8 Å². The van der Waals surface area contributed by atoms with Crippen LogP contribution in [-0.2, 0) is 9.47 Å². The molecule has 0 heterocycles. The SMILES string of the molecule is CCCC(CCCl)CNCCOCCOC. The smallest absolute Gasteiger partial charge is 0.0700 e. The quantitative estimate of drug-likeness (QED) is 0.427. The summed E-state index contributed by atoms with van der Waals surface area (Å²) in [5, 5.41) is 3.41. The Balaban J connectivity index is 3.25. The van der Waals surface area contributed by atoms with Gasteiger partial charge >= 0.3 is 0 Å². The molecule has 0 aromatic heterocycles. The van der Waals surface area contributed by atoms with E-state index in [1.807, 2.05) is 0 Å². The Morgan fingerprint density at radius 2 is 2.00 bits per heavy atom. The van der Waals surface area contributed by atoms with E-state index in [0.717, 1.165) is 32.0 Å². The predicted octanol–water partition coefficient (Wildman–Crippen LogP) is 2.28. The minimum absolute atomic E-state index is 0.671. The third-order valence-electron chi connectivity index (χ3n) is 2.50. The van der Waals surface area contributed by atoms with E-state index in [-0.39, 0.29) is 0 Å². The van der Waals surface area contributed by atoms with Gasteiger partial charge in [0.25, 0.3) is 0 Å². The number of hydrogen-bond acceptors (Lipinski definition) is 3. The van der Waals surface area contributed by atoms with Gasteiger partial charge in [0.1, 0.15) is 0 Å². The van der Waals surface area contributed by atoms with Crippen LogP contribution >= 0.6 is 11.6 Å². The predicted molar refractivity (Wildman–Crippen MR) is 69.3 cm³/mol. The molecular formula is C12H26ClNO2. The van der Waals surface area contributed by atoms with Gasteiger partial charge in [0.15, 0.2) is 0 Å². The maximum absolute atomic E-state index is 5.76. The summed E-state index contributed by atoms with van der Waals surface area (Å²) in [6, 6.07) is 0. The van der Waals surface area contributed by atoms with Crippen LogP contribution < -0.4 is 5.32 Å². The zero-order valence-electron chi connectivity index (χ0n) is 10.6. The molecule has 1 unspecified atom stereocenters. The lowest BCUT2D eigenvalue weighted by molar-refractivity contribution is 0.0716. The van der Waals surface area contributed by atoms with Crippen LogP contribution in [0.3, 0.4) is 0 Å². The number of nitrogens with one attached hydrogen (secondary N) is 1. The molecule has 0 radical (unpaired) electrons. The maximum Gasteiger partial charge on any atom is 0.0700 e. The summed E-state index contributed by atoms with van der Waals surface area (Å²) in [7, 11) is 1.68. The third-order valence-corrected chi connectivity index (χ3v) is 2.72. The highest BCUT2D eigenvalue weighted by atomic mass is 35.5. The summed E-state index contributed by atoms with van der Waals surface area (Å²) in [5.74, 6) is 1.47. The highest BCUT2D eigenvalue weighted by molar-refractivity contribution is 6.17. The second-order valence-corrected chi connectivity index (χ2v) is 4.32. The van der Waals surface area contributed by atoms with Gasteiger partial charge in [-0.1, -0.05) is 13.3 Å². The van der Waals surface area contributed by atoms with Gasteiger partial charge in [-0.25, -0.2) is 0 Å². The van der Waals surface area contributed by atoms with Crippen molar-refractivity contribution >= 4 is 11.6 Å². The van der Waals surface area contributed by atoms with Crippen LogP contribution in [0, 0.1) is 5.92 Å². The monoisotopic (exact) mass is 251 g/mol. The van der Waals surface area contributed by atoms with E-state index in [2.05, 4.69) is 12.2 Å². The van der Waals surface area contributed by atoms with Gasteiger partial charge in [0.05, 0.1) is 19.8 Å². The van der Waals surface area contributed by atoms with Crippen molar-refractivity contribution in [3.63, 3.8) is 0 Å². The average molecular weight is 252 g/mol. The minimum Gasteiger partial charge on any atom is -0.382 e. The van der Waals surface area contributed by atoms with Gasteiger partial charge in [-0.15, -0.1) is 11.6 Å². The first-order valence-electron chi connectivity index (χ1n) is 6.18. The molecule has 0 aromatic carbocycles. The highest BCUT2D eigenvalue weighted by Crippen LogP contribution is 2.10. The molecule has 4 heteroatoms. The van der Waals surface area contributed by atoms with Crippen LogP contribution in [0.2, 0.25) is 0 Å². The molecule has 0 amide bonds. The van der Waals surface area contributed by atoms with Crippen molar-refractivity contribution in [2.24, 2.45) is 5.92 Å². The van der Waals surface area contributed by atoms with Crippen LogP contribution in [0.5, 0.6) is 0 Å². The highest BCUT2D eigenvalue weighted by Gasteiger charge is 2.05. The lowest BCUT2D eigenvalue weighted by atomic mass is 10.0. The molecule has 0 saturated heterocycles. The Bertz CT molecular complexity index is 130. The molecule has 0 rings (SSSR count). The van der Waals surface area contributed by atoms with Gasteiger partial charge in [-0.05, 0) is 25.3 Å². The molecule has 1 N–H and O–H groups in total. The second-order valence-electron chi connectivity index (χ2n) is 3.94. The summed E-state index contributed by atoms with van der Waals surface area (Å²) in [4.78, 5) is 0. The number of halogens is 1. The Kier molecular flexibility index (Phi) is 13.4. The van der Waals surface area contributed by atoms with Crippen LogP contribution in [0.4, 0.5) is 0 Å². The first-order valence-corrected chi connectivity index (χ1v) is 6.72. The van der Waals surface area contributed by atoms with Crippen molar-refractivity contribution in [2.45, 2.75) is 26.2 Å². The standard InChI is InChI=1S/C12H26ClNO2/c1-3-4-12(5-6-13)11-14-7-8-16-10-9-15-2/h12,14H,3-11H2,1-2H3. The Labute approximate surface area is 105 Å². The van der Waals surface area contributed by atoms with Gasteiger partial charge in [-0.2, -0.15) is 0 Å². The van der Waals surface area contributed by atoms with Gasteiger partial charge in [-0.3, -0.25) is 0 Å². The second kappa shape index (κ2) is 13.2. The van der Waals surface area contributed by atoms with Crippen molar-refractivity contribution < 1.29 is 9.47 Å². The zero-order valence-corrected chi connectivity index (χ0v) is 11.4. The Morgan fingerprint density at radius 3 is 2.62 bits per heavy atom. The summed E-state index contributed by atoms with van der Waals surface area (Å²) in [5.41, 5.74) is 0. The lowest BCUT2D eigenvalue weighted by Crippen LogP contribution is -2.27. The van der Waals surface area contributed by atoms with E-state index in [0.29, 0.717) is 19.1 Å². The molecule has 0 aliphatic heterocycles. The van der Waals surface area contributed by atoms with Gasteiger partial charge in [0.2, 0.25) is 0 Å².